The average molecular weight is 521 g/mol. The summed E-state index contributed by atoms with van der Waals surface area (Å²) in [7, 11) is 0. The van der Waals surface area contributed by atoms with Crippen LogP contribution >= 0.6 is 0 Å². The number of hydrogen-bond acceptors (Lipinski definition) is 5. The maximum absolute atomic E-state index is 13.2. The average Bonchev–Trinajstić information content (AvgIpc) is 2.93. The highest BCUT2D eigenvalue weighted by molar-refractivity contribution is 6.07. The number of carbonyl (C=O) groups is 2. The molecule has 1 aliphatic heterocycles. The molecule has 0 aliphatic carbocycles. The Balaban J connectivity index is 1.23. The summed E-state index contributed by atoms with van der Waals surface area (Å²) in [6.07, 6.45) is -0.567. The number of phenolic OH excluding ortho intramolecular Hbond substituents is 1. The smallest absolute Gasteiger partial charge is 0.418 e. The summed E-state index contributed by atoms with van der Waals surface area (Å²) in [6, 6.07) is 15.6. The van der Waals surface area contributed by atoms with Crippen LogP contribution in [0.1, 0.15) is 50.7 Å². The number of benzene rings is 2. The van der Waals surface area contributed by atoms with Crippen molar-refractivity contribution in [2.45, 2.75) is 24.9 Å². The SMILES string of the molecule is O=C(Nc1ccc(C2CCN(C(=O)c3ccnc4c(O)cccc34)CC2)cc1)c1ncccc1C(F)(F)F. The summed E-state index contributed by atoms with van der Waals surface area (Å²) in [4.78, 5) is 35.3. The molecule has 38 heavy (non-hydrogen) atoms. The summed E-state index contributed by atoms with van der Waals surface area (Å²) in [5.41, 5.74) is 0.482. The van der Waals surface area contributed by atoms with Gasteiger partial charge in [0.2, 0.25) is 0 Å². The molecule has 2 amide bonds. The molecule has 4 aromatic rings. The number of fused-ring (bicyclic) bond motifs is 1. The Kier molecular flexibility index (Phi) is 6.71. The number of carbonyl (C=O) groups excluding carboxylic acids is 2. The number of para-hydroxylation sites is 1. The van der Waals surface area contributed by atoms with Crippen molar-refractivity contribution in [2.24, 2.45) is 0 Å². The van der Waals surface area contributed by atoms with Gasteiger partial charge in [0, 0.05) is 36.6 Å². The van der Waals surface area contributed by atoms with Crippen LogP contribution in [0.3, 0.4) is 0 Å². The number of alkyl halides is 3. The van der Waals surface area contributed by atoms with E-state index in [1.165, 1.54) is 12.3 Å². The lowest BCUT2D eigenvalue weighted by Gasteiger charge is -2.32. The fraction of sp³-hybridized carbons (Fsp3) is 0.214. The number of likely N-dealkylation sites (tertiary alicyclic amines) is 1. The molecular formula is C28H23F3N4O3. The zero-order valence-electron chi connectivity index (χ0n) is 20.1. The second kappa shape index (κ2) is 10.1. The van der Waals surface area contributed by atoms with Crippen LogP contribution in [0.5, 0.6) is 5.75 Å². The molecular weight excluding hydrogens is 497 g/mol. The van der Waals surface area contributed by atoms with E-state index in [2.05, 4.69) is 15.3 Å². The first kappa shape index (κ1) is 25.2. The van der Waals surface area contributed by atoms with Crippen molar-refractivity contribution in [1.82, 2.24) is 14.9 Å². The molecule has 3 heterocycles. The van der Waals surface area contributed by atoms with Gasteiger partial charge in [0.05, 0.1) is 11.1 Å². The van der Waals surface area contributed by atoms with Gasteiger partial charge < -0.3 is 15.3 Å². The van der Waals surface area contributed by atoms with Gasteiger partial charge in [0.15, 0.2) is 0 Å². The number of piperidine rings is 1. The Morgan fingerprint density at radius 1 is 0.921 bits per heavy atom. The van der Waals surface area contributed by atoms with Gasteiger partial charge in [-0.15, -0.1) is 0 Å². The third-order valence-corrected chi connectivity index (χ3v) is 6.73. The Morgan fingerprint density at radius 2 is 1.66 bits per heavy atom. The van der Waals surface area contributed by atoms with E-state index < -0.39 is 23.3 Å². The molecule has 2 aromatic carbocycles. The van der Waals surface area contributed by atoms with Crippen molar-refractivity contribution < 1.29 is 27.9 Å². The molecule has 194 valence electrons. The number of halogens is 3. The summed E-state index contributed by atoms with van der Waals surface area (Å²) < 4.78 is 39.6. The van der Waals surface area contributed by atoms with E-state index in [1.807, 2.05) is 12.1 Å². The first-order valence-corrected chi connectivity index (χ1v) is 12.0. The molecule has 2 N–H and O–H groups in total. The standard InChI is InChI=1S/C28H23F3N4O3/c29-28(30,31)22-4-2-13-32-25(22)26(37)34-19-8-6-17(7-9-19)18-11-15-35(16-12-18)27(38)21-10-14-33-24-20(21)3-1-5-23(24)36/h1-10,13-14,18,36H,11-12,15-16H2,(H,34,37). The first-order chi connectivity index (χ1) is 18.2. The Hall–Kier alpha value is -4.47. The molecule has 1 saturated heterocycles. The Bertz CT molecular complexity index is 1500. The highest BCUT2D eigenvalue weighted by atomic mass is 19.4. The third kappa shape index (κ3) is 5.02. The quantitative estimate of drug-likeness (QED) is 0.364. The summed E-state index contributed by atoms with van der Waals surface area (Å²) in [5, 5.41) is 13.1. The number of nitrogens with zero attached hydrogens (tertiary/aromatic N) is 3. The van der Waals surface area contributed by atoms with Gasteiger partial charge >= 0.3 is 6.18 Å². The van der Waals surface area contributed by atoms with E-state index in [0.717, 1.165) is 36.7 Å². The second-order valence-electron chi connectivity index (χ2n) is 9.07. The molecule has 0 radical (unpaired) electrons. The van der Waals surface area contributed by atoms with Crippen LogP contribution in [-0.2, 0) is 6.18 Å². The van der Waals surface area contributed by atoms with Gasteiger partial charge in [-0.3, -0.25) is 19.6 Å². The van der Waals surface area contributed by atoms with Crippen LogP contribution in [0.25, 0.3) is 10.9 Å². The van der Waals surface area contributed by atoms with Crippen molar-refractivity contribution in [3.05, 3.63) is 95.4 Å². The lowest BCUT2D eigenvalue weighted by molar-refractivity contribution is -0.138. The van der Waals surface area contributed by atoms with Gasteiger partial charge in [-0.05, 0) is 60.7 Å². The highest BCUT2D eigenvalue weighted by Gasteiger charge is 2.36. The number of phenols is 1. The lowest BCUT2D eigenvalue weighted by Crippen LogP contribution is -2.38. The maximum Gasteiger partial charge on any atom is 0.418 e. The molecule has 0 saturated carbocycles. The molecule has 0 unspecified atom stereocenters. The van der Waals surface area contributed by atoms with E-state index in [4.69, 9.17) is 0 Å². The summed E-state index contributed by atoms with van der Waals surface area (Å²) in [5.74, 6) is -0.840. The minimum atomic E-state index is -4.69. The van der Waals surface area contributed by atoms with Crippen molar-refractivity contribution in [3.8, 4) is 5.75 Å². The molecule has 1 fully saturated rings. The maximum atomic E-state index is 13.2. The topological polar surface area (TPSA) is 95.4 Å². The van der Waals surface area contributed by atoms with Crippen LogP contribution in [0, 0.1) is 0 Å². The summed E-state index contributed by atoms with van der Waals surface area (Å²) >= 11 is 0. The van der Waals surface area contributed by atoms with Gasteiger partial charge in [-0.2, -0.15) is 13.2 Å². The van der Waals surface area contributed by atoms with Crippen LogP contribution in [0.15, 0.2) is 73.1 Å². The monoisotopic (exact) mass is 520 g/mol. The number of anilines is 1. The Labute approximate surface area is 216 Å². The minimum absolute atomic E-state index is 0.0244. The highest BCUT2D eigenvalue weighted by Crippen LogP contribution is 2.33. The fourth-order valence-electron chi connectivity index (χ4n) is 4.78. The van der Waals surface area contributed by atoms with E-state index in [1.54, 1.807) is 35.2 Å². The molecule has 7 nitrogen and oxygen atoms in total. The number of aromatic nitrogens is 2. The molecule has 0 bridgehead atoms. The predicted octanol–water partition coefficient (Wildman–Crippen LogP) is 5.63. The van der Waals surface area contributed by atoms with Crippen molar-refractivity contribution in [1.29, 1.82) is 0 Å². The number of nitrogens with one attached hydrogen (secondary N) is 1. The minimum Gasteiger partial charge on any atom is -0.506 e. The second-order valence-corrected chi connectivity index (χ2v) is 9.07. The number of pyridine rings is 2. The van der Waals surface area contributed by atoms with Crippen LogP contribution < -0.4 is 5.32 Å². The molecule has 5 rings (SSSR count). The van der Waals surface area contributed by atoms with E-state index in [-0.39, 0.29) is 17.6 Å². The van der Waals surface area contributed by atoms with Crippen LogP contribution in [0.2, 0.25) is 0 Å². The number of amides is 2. The summed E-state index contributed by atoms with van der Waals surface area (Å²) in [6.45, 7) is 1.09. The van der Waals surface area contributed by atoms with Crippen LogP contribution in [-0.4, -0.2) is 44.9 Å². The molecule has 10 heteroatoms. The largest absolute Gasteiger partial charge is 0.506 e. The van der Waals surface area contributed by atoms with Gasteiger partial charge in [0.1, 0.15) is 17.0 Å². The molecule has 1 aliphatic rings. The third-order valence-electron chi connectivity index (χ3n) is 6.73. The zero-order valence-corrected chi connectivity index (χ0v) is 20.1. The number of aromatic hydroxyl groups is 1. The molecule has 2 aromatic heterocycles. The first-order valence-electron chi connectivity index (χ1n) is 12.0. The van der Waals surface area contributed by atoms with Gasteiger partial charge in [-0.25, -0.2) is 0 Å². The van der Waals surface area contributed by atoms with Gasteiger partial charge in [-0.1, -0.05) is 24.3 Å². The normalized spacial score (nSPS) is 14.4. The van der Waals surface area contributed by atoms with E-state index >= 15 is 0 Å². The zero-order chi connectivity index (χ0) is 26.9. The van der Waals surface area contributed by atoms with Gasteiger partial charge in [0.25, 0.3) is 11.8 Å². The van der Waals surface area contributed by atoms with E-state index in [9.17, 15) is 27.9 Å². The lowest BCUT2D eigenvalue weighted by atomic mass is 9.89. The van der Waals surface area contributed by atoms with Crippen LogP contribution in [0.4, 0.5) is 18.9 Å². The Morgan fingerprint density at radius 3 is 2.37 bits per heavy atom. The van der Waals surface area contributed by atoms with Crippen molar-refractivity contribution >= 4 is 28.4 Å². The molecule has 0 atom stereocenters. The van der Waals surface area contributed by atoms with Crippen molar-refractivity contribution in [2.75, 3.05) is 18.4 Å². The molecule has 0 spiro atoms. The predicted molar refractivity (Wildman–Crippen MR) is 135 cm³/mol. The fourth-order valence-corrected chi connectivity index (χ4v) is 4.78. The van der Waals surface area contributed by atoms with E-state index in [0.29, 0.717) is 35.2 Å². The number of rotatable bonds is 4. The van der Waals surface area contributed by atoms with Crippen molar-refractivity contribution in [3.63, 3.8) is 0 Å². The number of hydrogen-bond donors (Lipinski definition) is 2.